The molecule has 1 aliphatic rings. The van der Waals surface area contributed by atoms with Gasteiger partial charge < -0.3 is 15.2 Å². The van der Waals surface area contributed by atoms with Gasteiger partial charge in [0.1, 0.15) is 0 Å². The molecular weight excluding hydrogens is 284 g/mol. The maximum atomic E-state index is 9.99. The molecule has 120 valence electrons. The van der Waals surface area contributed by atoms with Crippen LogP contribution in [0.25, 0.3) is 0 Å². The number of aromatic nitrogens is 1. The highest BCUT2D eigenvalue weighted by molar-refractivity contribution is 7.09. The highest BCUT2D eigenvalue weighted by Gasteiger charge is 2.34. The summed E-state index contributed by atoms with van der Waals surface area (Å²) in [5.41, 5.74) is 3.31. The molecule has 0 radical (unpaired) electrons. The van der Waals surface area contributed by atoms with Crippen LogP contribution in [0.2, 0.25) is 0 Å². The molecule has 0 spiro atoms. The van der Waals surface area contributed by atoms with Crippen LogP contribution in [0.15, 0.2) is 5.51 Å². The number of aliphatic hydroxyl groups is 1. The van der Waals surface area contributed by atoms with Crippen LogP contribution in [0, 0.1) is 12.3 Å². The summed E-state index contributed by atoms with van der Waals surface area (Å²) in [4.78, 5) is 5.49. The van der Waals surface area contributed by atoms with Crippen LogP contribution in [-0.4, -0.2) is 42.0 Å². The van der Waals surface area contributed by atoms with Crippen LogP contribution in [0.3, 0.4) is 0 Å². The molecule has 21 heavy (non-hydrogen) atoms. The van der Waals surface area contributed by atoms with E-state index in [4.69, 9.17) is 4.74 Å². The van der Waals surface area contributed by atoms with Gasteiger partial charge in [0.2, 0.25) is 0 Å². The number of hydrogen-bond donors (Lipinski definition) is 2. The molecule has 1 aliphatic carbocycles. The van der Waals surface area contributed by atoms with E-state index >= 15 is 0 Å². The topological polar surface area (TPSA) is 54.4 Å². The minimum atomic E-state index is -0.427. The second-order valence-corrected chi connectivity index (χ2v) is 7.62. The molecule has 4 nitrogen and oxygen atoms in total. The van der Waals surface area contributed by atoms with Gasteiger partial charge in [-0.05, 0) is 25.2 Å². The number of aryl methyl sites for hydroxylation is 1. The third-order valence-corrected chi connectivity index (χ3v) is 5.48. The second-order valence-electron chi connectivity index (χ2n) is 6.68. The molecule has 1 fully saturated rings. The molecule has 1 aromatic heterocycles. The van der Waals surface area contributed by atoms with Gasteiger partial charge in [0.05, 0.1) is 30.5 Å². The molecule has 0 amide bonds. The van der Waals surface area contributed by atoms with Crippen molar-refractivity contribution in [3.05, 3.63) is 16.1 Å². The molecule has 0 saturated heterocycles. The predicted molar refractivity (Wildman–Crippen MR) is 86.8 cm³/mol. The lowest BCUT2D eigenvalue weighted by atomic mass is 9.87. The maximum absolute atomic E-state index is 9.99. The van der Waals surface area contributed by atoms with Gasteiger partial charge in [-0.1, -0.05) is 20.3 Å². The average Bonchev–Trinajstić information content (AvgIpc) is 2.98. The molecule has 0 aromatic carbocycles. The first kappa shape index (κ1) is 16.9. The number of nitrogens with zero attached hydrogens (tertiary/aromatic N) is 1. The molecule has 0 bridgehead atoms. The van der Waals surface area contributed by atoms with Crippen molar-refractivity contribution in [3.8, 4) is 0 Å². The molecule has 2 unspecified atom stereocenters. The minimum Gasteiger partial charge on any atom is -0.389 e. The van der Waals surface area contributed by atoms with E-state index in [1.807, 2.05) is 12.4 Å². The van der Waals surface area contributed by atoms with E-state index in [1.165, 1.54) is 24.1 Å². The Bertz CT molecular complexity index is 434. The third-order valence-electron chi connectivity index (χ3n) is 4.49. The molecule has 5 heteroatoms. The maximum Gasteiger partial charge on any atom is 0.0897 e. The fraction of sp³-hybridized carbons (Fsp3) is 0.812. The Hall–Kier alpha value is -0.490. The first-order chi connectivity index (χ1) is 9.99. The minimum absolute atomic E-state index is 0.351. The van der Waals surface area contributed by atoms with Crippen molar-refractivity contribution < 1.29 is 9.84 Å². The van der Waals surface area contributed by atoms with Crippen LogP contribution < -0.4 is 5.32 Å². The van der Waals surface area contributed by atoms with Gasteiger partial charge in [-0.2, -0.15) is 0 Å². The van der Waals surface area contributed by atoms with E-state index in [1.54, 1.807) is 11.3 Å². The number of nitrogens with one attached hydrogen (secondary N) is 1. The van der Waals surface area contributed by atoms with E-state index in [2.05, 4.69) is 24.1 Å². The quantitative estimate of drug-likeness (QED) is 0.724. The Morgan fingerprint density at radius 1 is 1.57 bits per heavy atom. The first-order valence-electron chi connectivity index (χ1n) is 7.87. The molecular formula is C16H28N2O2S. The van der Waals surface area contributed by atoms with Gasteiger partial charge in [-0.15, -0.1) is 11.3 Å². The normalized spacial score (nSPS) is 22.6. The summed E-state index contributed by atoms with van der Waals surface area (Å²) in [6.07, 6.45) is 4.22. The molecule has 1 saturated carbocycles. The molecule has 2 rings (SSSR count). The van der Waals surface area contributed by atoms with Crippen molar-refractivity contribution in [2.75, 3.05) is 19.8 Å². The number of rotatable bonds is 8. The fourth-order valence-electron chi connectivity index (χ4n) is 2.99. The number of aliphatic hydroxyl groups excluding tert-OH is 1. The van der Waals surface area contributed by atoms with Gasteiger partial charge >= 0.3 is 0 Å². The SMILES string of the molecule is Cc1ncsc1CCOCC(O)CNC1CCCC1(C)C. The highest BCUT2D eigenvalue weighted by Crippen LogP contribution is 2.37. The summed E-state index contributed by atoms with van der Waals surface area (Å²) in [6, 6.07) is 0.520. The van der Waals surface area contributed by atoms with Crippen LogP contribution >= 0.6 is 11.3 Å². The first-order valence-corrected chi connectivity index (χ1v) is 8.75. The molecule has 0 aliphatic heterocycles. The largest absolute Gasteiger partial charge is 0.389 e. The van der Waals surface area contributed by atoms with E-state index in [-0.39, 0.29) is 0 Å². The zero-order chi connectivity index (χ0) is 15.3. The Balaban J connectivity index is 1.57. The van der Waals surface area contributed by atoms with Crippen LogP contribution in [0.5, 0.6) is 0 Å². The Labute approximate surface area is 131 Å². The third kappa shape index (κ3) is 5.02. The zero-order valence-corrected chi connectivity index (χ0v) is 14.2. The smallest absolute Gasteiger partial charge is 0.0897 e. The summed E-state index contributed by atoms with van der Waals surface area (Å²) < 4.78 is 5.58. The molecule has 2 atom stereocenters. The van der Waals surface area contributed by atoms with Crippen LogP contribution in [0.4, 0.5) is 0 Å². The average molecular weight is 312 g/mol. The lowest BCUT2D eigenvalue weighted by Crippen LogP contribution is -2.42. The van der Waals surface area contributed by atoms with Gasteiger partial charge in [-0.3, -0.25) is 0 Å². The van der Waals surface area contributed by atoms with Gasteiger partial charge in [0.25, 0.3) is 0 Å². The zero-order valence-electron chi connectivity index (χ0n) is 13.4. The van der Waals surface area contributed by atoms with Crippen LogP contribution in [-0.2, 0) is 11.2 Å². The van der Waals surface area contributed by atoms with Crippen molar-refractivity contribution in [2.45, 2.75) is 58.6 Å². The second kappa shape index (κ2) is 7.68. The Morgan fingerprint density at radius 2 is 2.38 bits per heavy atom. The van der Waals surface area contributed by atoms with Gasteiger partial charge in [-0.25, -0.2) is 4.98 Å². The lowest BCUT2D eigenvalue weighted by Gasteiger charge is -2.28. The summed E-state index contributed by atoms with van der Waals surface area (Å²) in [6.45, 7) is 8.30. The van der Waals surface area contributed by atoms with Crippen molar-refractivity contribution in [2.24, 2.45) is 5.41 Å². The lowest BCUT2D eigenvalue weighted by molar-refractivity contribution is 0.0352. The fourth-order valence-corrected chi connectivity index (χ4v) is 3.76. The van der Waals surface area contributed by atoms with Crippen molar-refractivity contribution in [1.29, 1.82) is 0 Å². The Kier molecular flexibility index (Phi) is 6.17. The van der Waals surface area contributed by atoms with Crippen molar-refractivity contribution in [1.82, 2.24) is 10.3 Å². The van der Waals surface area contributed by atoms with E-state index in [0.29, 0.717) is 31.2 Å². The van der Waals surface area contributed by atoms with E-state index < -0.39 is 6.10 Å². The van der Waals surface area contributed by atoms with Crippen molar-refractivity contribution >= 4 is 11.3 Å². The highest BCUT2D eigenvalue weighted by atomic mass is 32.1. The number of hydrogen-bond acceptors (Lipinski definition) is 5. The molecule has 1 heterocycles. The summed E-state index contributed by atoms with van der Waals surface area (Å²) in [5, 5.41) is 13.5. The monoisotopic (exact) mass is 312 g/mol. The van der Waals surface area contributed by atoms with E-state index in [9.17, 15) is 5.11 Å². The summed E-state index contributed by atoms with van der Waals surface area (Å²) in [7, 11) is 0. The predicted octanol–water partition coefficient (Wildman–Crippen LogP) is 2.54. The van der Waals surface area contributed by atoms with Crippen molar-refractivity contribution in [3.63, 3.8) is 0 Å². The number of thiazole rings is 1. The summed E-state index contributed by atoms with van der Waals surface area (Å²) in [5.74, 6) is 0. The van der Waals surface area contributed by atoms with E-state index in [0.717, 1.165) is 12.1 Å². The van der Waals surface area contributed by atoms with Gasteiger partial charge in [0, 0.05) is 23.9 Å². The summed E-state index contributed by atoms with van der Waals surface area (Å²) >= 11 is 1.67. The molecule has 2 N–H and O–H groups in total. The van der Waals surface area contributed by atoms with Gasteiger partial charge in [0.15, 0.2) is 0 Å². The Morgan fingerprint density at radius 3 is 3.00 bits per heavy atom. The molecule has 1 aromatic rings. The standard InChI is InChI=1S/C16H28N2O2S/c1-12-14(21-11-18-12)6-8-20-10-13(19)9-17-15-5-4-7-16(15,2)3/h11,13,15,17,19H,4-10H2,1-3H3. The van der Waals surface area contributed by atoms with Crippen LogP contribution in [0.1, 0.15) is 43.7 Å². The number of ether oxygens (including phenoxy) is 1.